The highest BCUT2D eigenvalue weighted by atomic mass is 16.4. The number of hydrogen-bond acceptors (Lipinski definition) is 2. The van der Waals surface area contributed by atoms with Crippen LogP contribution in [0.3, 0.4) is 0 Å². The van der Waals surface area contributed by atoms with Gasteiger partial charge in [-0.1, -0.05) is 26.3 Å². The van der Waals surface area contributed by atoms with Crippen molar-refractivity contribution < 1.29 is 15.1 Å². The van der Waals surface area contributed by atoms with Gasteiger partial charge in [-0.15, -0.1) is 0 Å². The zero-order valence-corrected chi connectivity index (χ0v) is 8.88. The number of hydrogen-bond donors (Lipinski definition) is 2. The molecule has 0 aliphatic rings. The molecule has 0 fully saturated rings. The van der Waals surface area contributed by atoms with Gasteiger partial charge in [0.15, 0.2) is 0 Å². The summed E-state index contributed by atoms with van der Waals surface area (Å²) in [5, 5.41) is 19.2. The van der Waals surface area contributed by atoms with Gasteiger partial charge < -0.3 is 10.3 Å². The molecule has 0 atom stereocenters. The fourth-order valence-electron chi connectivity index (χ4n) is 0.555. The SMILES string of the molecule is C=C(C)C(=O)O.CCCCCC=[NH+][O-]. The highest BCUT2D eigenvalue weighted by molar-refractivity contribution is 5.84. The molecule has 0 heterocycles. The summed E-state index contributed by atoms with van der Waals surface area (Å²) < 4.78 is 0. The minimum Gasteiger partial charge on any atom is -0.626 e. The van der Waals surface area contributed by atoms with Crippen molar-refractivity contribution in [3.63, 3.8) is 0 Å². The summed E-state index contributed by atoms with van der Waals surface area (Å²) in [5.74, 6) is -0.935. The lowest BCUT2D eigenvalue weighted by molar-refractivity contribution is -0.368. The Morgan fingerprint density at radius 3 is 2.36 bits per heavy atom. The van der Waals surface area contributed by atoms with Gasteiger partial charge in [0.05, 0.1) is 0 Å². The number of nitrogens with one attached hydrogen (secondary N) is 1. The van der Waals surface area contributed by atoms with Crippen molar-refractivity contribution in [2.24, 2.45) is 0 Å². The average molecular weight is 201 g/mol. The number of carboxylic acids is 1. The van der Waals surface area contributed by atoms with Crippen LogP contribution in [-0.4, -0.2) is 17.3 Å². The molecule has 0 saturated carbocycles. The van der Waals surface area contributed by atoms with Crippen LogP contribution in [0.1, 0.15) is 39.5 Å². The predicted octanol–water partition coefficient (Wildman–Crippen LogP) is 0.863. The van der Waals surface area contributed by atoms with E-state index in [1.807, 2.05) is 0 Å². The highest BCUT2D eigenvalue weighted by Crippen LogP contribution is 1.94. The molecule has 0 aliphatic heterocycles. The van der Waals surface area contributed by atoms with Crippen LogP contribution in [0.2, 0.25) is 0 Å². The van der Waals surface area contributed by atoms with Crippen LogP contribution in [0.25, 0.3) is 0 Å². The minimum atomic E-state index is -0.935. The molecule has 0 rings (SSSR count). The molecule has 0 aliphatic carbocycles. The average Bonchev–Trinajstić information content (AvgIpc) is 2.13. The summed E-state index contributed by atoms with van der Waals surface area (Å²) in [6.45, 7) is 6.75. The molecule has 4 nitrogen and oxygen atoms in total. The van der Waals surface area contributed by atoms with E-state index in [2.05, 4.69) is 13.5 Å². The summed E-state index contributed by atoms with van der Waals surface area (Å²) in [6, 6.07) is 0. The zero-order chi connectivity index (χ0) is 11.4. The molecule has 14 heavy (non-hydrogen) atoms. The molecular formula is C10H19NO3. The number of carbonyl (C=O) groups is 1. The lowest BCUT2D eigenvalue weighted by Crippen LogP contribution is -2.60. The number of rotatable bonds is 5. The summed E-state index contributed by atoms with van der Waals surface area (Å²) in [6.07, 6.45) is 6.02. The molecule has 0 aromatic rings. The van der Waals surface area contributed by atoms with Crippen LogP contribution in [0.4, 0.5) is 0 Å². The monoisotopic (exact) mass is 201 g/mol. The number of unbranched alkanes of at least 4 members (excludes halogenated alkanes) is 3. The predicted molar refractivity (Wildman–Crippen MR) is 57.0 cm³/mol. The van der Waals surface area contributed by atoms with Gasteiger partial charge >= 0.3 is 5.97 Å². The van der Waals surface area contributed by atoms with Crippen LogP contribution >= 0.6 is 0 Å². The van der Waals surface area contributed by atoms with Gasteiger partial charge in [-0.2, -0.15) is 0 Å². The lowest BCUT2D eigenvalue weighted by Gasteiger charge is -1.87. The van der Waals surface area contributed by atoms with Gasteiger partial charge in [0.25, 0.3) is 0 Å². The molecular weight excluding hydrogens is 182 g/mol. The summed E-state index contributed by atoms with van der Waals surface area (Å²) in [4.78, 5) is 9.60. The van der Waals surface area contributed by atoms with Crippen LogP contribution < -0.4 is 5.16 Å². The third-order valence-corrected chi connectivity index (χ3v) is 1.40. The molecule has 0 aromatic heterocycles. The maximum Gasteiger partial charge on any atom is 0.330 e. The molecule has 0 spiro atoms. The van der Waals surface area contributed by atoms with E-state index in [9.17, 15) is 10.0 Å². The van der Waals surface area contributed by atoms with Crippen molar-refractivity contribution in [1.82, 2.24) is 0 Å². The summed E-state index contributed by atoms with van der Waals surface area (Å²) >= 11 is 0. The second-order valence-corrected chi connectivity index (χ2v) is 2.90. The largest absolute Gasteiger partial charge is 0.626 e. The van der Waals surface area contributed by atoms with Crippen molar-refractivity contribution in [3.05, 3.63) is 17.4 Å². The van der Waals surface area contributed by atoms with Gasteiger partial charge in [0, 0.05) is 12.0 Å². The Kier molecular flexibility index (Phi) is 12.7. The first-order chi connectivity index (χ1) is 6.56. The zero-order valence-electron chi connectivity index (χ0n) is 8.88. The van der Waals surface area contributed by atoms with E-state index >= 15 is 0 Å². The van der Waals surface area contributed by atoms with Crippen LogP contribution in [-0.2, 0) is 4.79 Å². The van der Waals surface area contributed by atoms with E-state index < -0.39 is 5.97 Å². The highest BCUT2D eigenvalue weighted by Gasteiger charge is 1.90. The molecule has 0 amide bonds. The molecule has 0 unspecified atom stereocenters. The Bertz CT molecular complexity index is 176. The maximum atomic E-state index is 9.60. The molecule has 0 aromatic carbocycles. The second-order valence-electron chi connectivity index (χ2n) is 2.90. The molecule has 0 radical (unpaired) electrons. The summed E-state index contributed by atoms with van der Waals surface area (Å²) in [7, 11) is 0. The number of carboxylic acid groups (broad SMARTS) is 1. The Morgan fingerprint density at radius 1 is 1.57 bits per heavy atom. The first-order valence-electron chi connectivity index (χ1n) is 4.64. The van der Waals surface area contributed by atoms with Gasteiger partial charge in [-0.25, -0.2) is 9.95 Å². The number of aliphatic carboxylic acids is 1. The topological polar surface area (TPSA) is 74.3 Å². The molecule has 2 N–H and O–H groups in total. The van der Waals surface area contributed by atoms with Crippen LogP contribution in [0.5, 0.6) is 0 Å². The fraction of sp³-hybridized carbons (Fsp3) is 0.600. The minimum absolute atomic E-state index is 0.176. The third-order valence-electron chi connectivity index (χ3n) is 1.40. The quantitative estimate of drug-likeness (QED) is 0.228. The Hall–Kier alpha value is -1.32. The fourth-order valence-corrected chi connectivity index (χ4v) is 0.555. The Labute approximate surface area is 84.9 Å². The van der Waals surface area contributed by atoms with E-state index in [1.165, 1.54) is 19.8 Å². The van der Waals surface area contributed by atoms with Crippen molar-refractivity contribution in [1.29, 1.82) is 0 Å². The van der Waals surface area contributed by atoms with E-state index in [0.717, 1.165) is 12.8 Å². The van der Waals surface area contributed by atoms with E-state index in [1.54, 1.807) is 11.4 Å². The van der Waals surface area contributed by atoms with E-state index in [-0.39, 0.29) is 5.57 Å². The van der Waals surface area contributed by atoms with Gasteiger partial charge in [0.1, 0.15) is 6.21 Å². The van der Waals surface area contributed by atoms with Gasteiger partial charge in [-0.05, 0) is 13.3 Å². The standard InChI is InChI=1S/C6H13NO.C4H6O2/c1-2-3-4-5-6-7-8;1-3(2)4(5)6/h6-7H,2-5H2,1H3;1H2,2H3,(H,5,6). The second kappa shape index (κ2) is 11.7. The Morgan fingerprint density at radius 2 is 2.07 bits per heavy atom. The first-order valence-corrected chi connectivity index (χ1v) is 4.64. The van der Waals surface area contributed by atoms with E-state index in [4.69, 9.17) is 5.11 Å². The van der Waals surface area contributed by atoms with Crippen LogP contribution in [0, 0.1) is 5.21 Å². The molecule has 82 valence electrons. The molecule has 4 heteroatoms. The molecule has 0 saturated heterocycles. The van der Waals surface area contributed by atoms with Crippen molar-refractivity contribution in [2.75, 3.05) is 0 Å². The van der Waals surface area contributed by atoms with Gasteiger partial charge in [-0.3, -0.25) is 0 Å². The van der Waals surface area contributed by atoms with Crippen molar-refractivity contribution in [2.45, 2.75) is 39.5 Å². The maximum absolute atomic E-state index is 9.60. The van der Waals surface area contributed by atoms with E-state index in [0.29, 0.717) is 0 Å². The molecule has 0 bridgehead atoms. The third kappa shape index (κ3) is 17.0. The van der Waals surface area contributed by atoms with Crippen molar-refractivity contribution in [3.8, 4) is 0 Å². The lowest BCUT2D eigenvalue weighted by atomic mass is 10.2. The summed E-state index contributed by atoms with van der Waals surface area (Å²) in [5.41, 5.74) is 0.176. The van der Waals surface area contributed by atoms with Crippen molar-refractivity contribution >= 4 is 12.2 Å². The first kappa shape index (κ1) is 15.2. The van der Waals surface area contributed by atoms with Crippen LogP contribution in [0.15, 0.2) is 12.2 Å². The Balaban J connectivity index is 0. The van der Waals surface area contributed by atoms with Gasteiger partial charge in [0.2, 0.25) is 0 Å². The smallest absolute Gasteiger partial charge is 0.330 e. The normalized spacial score (nSPS) is 9.29.